The summed E-state index contributed by atoms with van der Waals surface area (Å²) >= 11 is 0. The van der Waals surface area contributed by atoms with E-state index in [2.05, 4.69) is 4.74 Å². The SMILES string of the molecule is CC(=O)Oc1ccc(C#N)cc1C(=O)O. The van der Waals surface area contributed by atoms with Gasteiger partial charge < -0.3 is 9.84 Å². The standard InChI is InChI=1S/C10H7NO4/c1-6(12)15-9-3-2-7(5-11)4-8(9)10(13)14/h2-4H,1H3,(H,13,14). The first kappa shape index (κ1) is 10.7. The molecule has 1 rings (SSSR count). The normalized spacial score (nSPS) is 9.07. The van der Waals surface area contributed by atoms with E-state index < -0.39 is 11.9 Å². The van der Waals surface area contributed by atoms with Crippen LogP contribution in [0.5, 0.6) is 5.75 Å². The van der Waals surface area contributed by atoms with Crippen LogP contribution in [0.4, 0.5) is 0 Å². The fourth-order valence-electron chi connectivity index (χ4n) is 1.01. The monoisotopic (exact) mass is 205 g/mol. The van der Waals surface area contributed by atoms with Crippen molar-refractivity contribution in [3.8, 4) is 11.8 Å². The van der Waals surface area contributed by atoms with E-state index in [0.717, 1.165) is 6.07 Å². The Kier molecular flexibility index (Phi) is 3.03. The van der Waals surface area contributed by atoms with Crippen LogP contribution in [0.1, 0.15) is 22.8 Å². The fraction of sp³-hybridized carbons (Fsp3) is 0.100. The summed E-state index contributed by atoms with van der Waals surface area (Å²) in [5, 5.41) is 17.4. The molecule has 0 aliphatic carbocycles. The lowest BCUT2D eigenvalue weighted by molar-refractivity contribution is -0.131. The maximum Gasteiger partial charge on any atom is 0.339 e. The van der Waals surface area contributed by atoms with Crippen LogP contribution in [0, 0.1) is 11.3 Å². The molecule has 0 atom stereocenters. The number of ether oxygens (including phenoxy) is 1. The highest BCUT2D eigenvalue weighted by Crippen LogP contribution is 2.20. The smallest absolute Gasteiger partial charge is 0.339 e. The third kappa shape index (κ3) is 2.54. The number of aromatic carboxylic acids is 1. The van der Waals surface area contributed by atoms with E-state index in [1.165, 1.54) is 19.1 Å². The van der Waals surface area contributed by atoms with E-state index >= 15 is 0 Å². The lowest BCUT2D eigenvalue weighted by Gasteiger charge is -2.04. The van der Waals surface area contributed by atoms with E-state index in [9.17, 15) is 9.59 Å². The summed E-state index contributed by atoms with van der Waals surface area (Å²) in [6, 6.07) is 5.61. The molecule has 1 aromatic carbocycles. The molecule has 1 aromatic rings. The zero-order valence-corrected chi connectivity index (χ0v) is 7.85. The van der Waals surface area contributed by atoms with Crippen LogP contribution in [-0.4, -0.2) is 17.0 Å². The molecular formula is C10H7NO4. The minimum Gasteiger partial charge on any atom is -0.478 e. The predicted octanol–water partition coefficient (Wildman–Crippen LogP) is 1.18. The first-order valence-corrected chi connectivity index (χ1v) is 4.00. The highest BCUT2D eigenvalue weighted by Gasteiger charge is 2.13. The molecule has 0 saturated carbocycles. The van der Waals surface area contributed by atoms with Crippen molar-refractivity contribution in [1.29, 1.82) is 5.26 Å². The Hall–Kier alpha value is -2.35. The zero-order chi connectivity index (χ0) is 11.4. The number of carboxylic acid groups (broad SMARTS) is 1. The van der Waals surface area contributed by atoms with E-state index in [0.29, 0.717) is 0 Å². The minimum atomic E-state index is -1.25. The summed E-state index contributed by atoms with van der Waals surface area (Å²) in [5.74, 6) is -1.92. The van der Waals surface area contributed by atoms with Crippen molar-refractivity contribution in [2.45, 2.75) is 6.92 Å². The maximum atomic E-state index is 10.8. The van der Waals surface area contributed by atoms with Crippen molar-refractivity contribution in [1.82, 2.24) is 0 Å². The fourth-order valence-corrected chi connectivity index (χ4v) is 1.01. The Morgan fingerprint density at radius 3 is 2.60 bits per heavy atom. The van der Waals surface area contributed by atoms with Crippen LogP contribution in [-0.2, 0) is 4.79 Å². The molecule has 0 spiro atoms. The van der Waals surface area contributed by atoms with Gasteiger partial charge in [0.1, 0.15) is 11.3 Å². The van der Waals surface area contributed by atoms with Gasteiger partial charge in [-0.1, -0.05) is 0 Å². The number of carbonyl (C=O) groups excluding carboxylic acids is 1. The quantitative estimate of drug-likeness (QED) is 0.578. The second-order valence-electron chi connectivity index (χ2n) is 2.72. The molecule has 0 heterocycles. The summed E-state index contributed by atoms with van der Waals surface area (Å²) in [5.41, 5.74) is -0.00690. The van der Waals surface area contributed by atoms with E-state index in [-0.39, 0.29) is 16.9 Å². The molecule has 5 nitrogen and oxygen atoms in total. The molecule has 76 valence electrons. The second kappa shape index (κ2) is 4.24. The minimum absolute atomic E-state index is 0.0611. The van der Waals surface area contributed by atoms with Crippen LogP contribution in [0.15, 0.2) is 18.2 Å². The van der Waals surface area contributed by atoms with Crippen LogP contribution < -0.4 is 4.74 Å². The predicted molar refractivity (Wildman–Crippen MR) is 49.4 cm³/mol. The Morgan fingerprint density at radius 1 is 1.47 bits per heavy atom. The largest absolute Gasteiger partial charge is 0.478 e. The zero-order valence-electron chi connectivity index (χ0n) is 7.85. The number of benzene rings is 1. The summed E-state index contributed by atoms with van der Waals surface area (Å²) in [4.78, 5) is 21.4. The van der Waals surface area contributed by atoms with Gasteiger partial charge >= 0.3 is 11.9 Å². The molecule has 0 bridgehead atoms. The average molecular weight is 205 g/mol. The number of hydrogen-bond acceptors (Lipinski definition) is 4. The summed E-state index contributed by atoms with van der Waals surface area (Å²) in [7, 11) is 0. The van der Waals surface area contributed by atoms with Crippen molar-refractivity contribution in [3.05, 3.63) is 29.3 Å². The van der Waals surface area contributed by atoms with Gasteiger partial charge in [0, 0.05) is 6.92 Å². The first-order valence-electron chi connectivity index (χ1n) is 4.00. The van der Waals surface area contributed by atoms with Crippen LogP contribution in [0.3, 0.4) is 0 Å². The van der Waals surface area contributed by atoms with Crippen LogP contribution in [0.25, 0.3) is 0 Å². The lowest BCUT2D eigenvalue weighted by Crippen LogP contribution is -2.07. The Labute approximate surface area is 85.5 Å². The van der Waals surface area contributed by atoms with Gasteiger partial charge in [-0.2, -0.15) is 5.26 Å². The van der Waals surface area contributed by atoms with Gasteiger partial charge in [-0.3, -0.25) is 4.79 Å². The number of carboxylic acids is 1. The summed E-state index contributed by atoms with van der Waals surface area (Å²) in [6.45, 7) is 1.17. The third-order valence-electron chi connectivity index (χ3n) is 1.59. The van der Waals surface area contributed by atoms with Gasteiger partial charge in [0.05, 0.1) is 11.6 Å². The van der Waals surface area contributed by atoms with Crippen molar-refractivity contribution in [2.75, 3.05) is 0 Å². The van der Waals surface area contributed by atoms with Gasteiger partial charge in [-0.15, -0.1) is 0 Å². The van der Waals surface area contributed by atoms with Crippen molar-refractivity contribution in [2.24, 2.45) is 0 Å². The molecule has 0 aliphatic rings. The van der Waals surface area contributed by atoms with Gasteiger partial charge in [-0.05, 0) is 18.2 Å². The highest BCUT2D eigenvalue weighted by molar-refractivity contribution is 5.92. The highest BCUT2D eigenvalue weighted by atomic mass is 16.5. The summed E-state index contributed by atoms with van der Waals surface area (Å²) in [6.07, 6.45) is 0. The number of rotatable bonds is 2. The number of nitrogens with zero attached hydrogens (tertiary/aromatic N) is 1. The molecule has 5 heteroatoms. The Morgan fingerprint density at radius 2 is 2.13 bits per heavy atom. The molecule has 0 fully saturated rings. The molecule has 0 aromatic heterocycles. The van der Waals surface area contributed by atoms with Gasteiger partial charge in [0.2, 0.25) is 0 Å². The molecule has 0 saturated heterocycles. The molecule has 0 radical (unpaired) electrons. The Balaban J connectivity index is 3.22. The molecule has 15 heavy (non-hydrogen) atoms. The average Bonchev–Trinajstić information content (AvgIpc) is 2.17. The molecule has 0 unspecified atom stereocenters. The summed E-state index contributed by atoms with van der Waals surface area (Å²) < 4.78 is 4.68. The topological polar surface area (TPSA) is 87.4 Å². The molecule has 0 amide bonds. The van der Waals surface area contributed by atoms with E-state index in [1.54, 1.807) is 6.07 Å². The third-order valence-corrected chi connectivity index (χ3v) is 1.59. The Bertz CT molecular complexity index is 459. The number of esters is 1. The second-order valence-corrected chi connectivity index (χ2v) is 2.72. The molecular weight excluding hydrogens is 198 g/mol. The molecule has 0 aliphatic heterocycles. The van der Waals surface area contributed by atoms with E-state index in [1.807, 2.05) is 0 Å². The van der Waals surface area contributed by atoms with Crippen molar-refractivity contribution >= 4 is 11.9 Å². The van der Waals surface area contributed by atoms with Crippen molar-refractivity contribution in [3.63, 3.8) is 0 Å². The maximum absolute atomic E-state index is 10.8. The first-order chi connectivity index (χ1) is 7.04. The van der Waals surface area contributed by atoms with Crippen LogP contribution >= 0.6 is 0 Å². The van der Waals surface area contributed by atoms with Crippen LogP contribution in [0.2, 0.25) is 0 Å². The number of nitriles is 1. The van der Waals surface area contributed by atoms with Crippen molar-refractivity contribution < 1.29 is 19.4 Å². The van der Waals surface area contributed by atoms with Gasteiger partial charge in [-0.25, -0.2) is 4.79 Å². The number of hydrogen-bond donors (Lipinski definition) is 1. The number of carbonyl (C=O) groups is 2. The van der Waals surface area contributed by atoms with Gasteiger partial charge in [0.25, 0.3) is 0 Å². The van der Waals surface area contributed by atoms with E-state index in [4.69, 9.17) is 10.4 Å². The lowest BCUT2D eigenvalue weighted by atomic mass is 10.1. The van der Waals surface area contributed by atoms with Gasteiger partial charge in [0.15, 0.2) is 0 Å². The molecule has 1 N–H and O–H groups in total.